The number of benzene rings is 6. The third-order valence-electron chi connectivity index (χ3n) is 10.1. The minimum Gasteiger partial charge on any atom is -0.310 e. The number of fused-ring (bicyclic) bond motifs is 2. The van der Waals surface area contributed by atoms with Gasteiger partial charge < -0.3 is 9.80 Å². The van der Waals surface area contributed by atoms with Gasteiger partial charge in [-0.05, 0) is 88.4 Å². The van der Waals surface area contributed by atoms with Crippen LogP contribution in [0.25, 0.3) is 57.0 Å². The molecule has 0 bridgehead atoms. The number of para-hydroxylation sites is 2. The summed E-state index contributed by atoms with van der Waals surface area (Å²) in [5, 5.41) is 4.34. The number of hydrogen-bond donors (Lipinski definition) is 0. The molecule has 0 spiro atoms. The highest BCUT2D eigenvalue weighted by molar-refractivity contribution is 6.20. The van der Waals surface area contributed by atoms with Crippen molar-refractivity contribution in [1.29, 1.82) is 0 Å². The highest BCUT2D eigenvalue weighted by Crippen LogP contribution is 2.52. The van der Waals surface area contributed by atoms with Gasteiger partial charge in [0, 0.05) is 44.7 Å². The second kappa shape index (κ2) is 15.8. The van der Waals surface area contributed by atoms with Gasteiger partial charge in [0.2, 0.25) is 0 Å². The van der Waals surface area contributed by atoms with Gasteiger partial charge in [0.05, 0.1) is 11.4 Å². The Morgan fingerprint density at radius 1 is 0.500 bits per heavy atom. The summed E-state index contributed by atoms with van der Waals surface area (Å²) in [4.78, 5) is 4.61. The minimum atomic E-state index is 0.884. The molecule has 0 aliphatic heterocycles. The van der Waals surface area contributed by atoms with E-state index in [0.29, 0.717) is 0 Å². The molecule has 0 saturated carbocycles. The zero-order valence-electron chi connectivity index (χ0n) is 30.7. The highest BCUT2D eigenvalue weighted by atomic mass is 15.2. The fourth-order valence-corrected chi connectivity index (χ4v) is 7.87. The molecule has 0 atom stereocenters. The van der Waals surface area contributed by atoms with Crippen LogP contribution in [0.3, 0.4) is 0 Å². The van der Waals surface area contributed by atoms with E-state index in [2.05, 4.69) is 158 Å². The molecule has 6 aromatic rings. The summed E-state index contributed by atoms with van der Waals surface area (Å²) < 4.78 is 0. The Morgan fingerprint density at radius 2 is 0.981 bits per heavy atom. The van der Waals surface area contributed by atoms with Gasteiger partial charge in [-0.3, -0.25) is 0 Å². The molecule has 1 aliphatic rings. The fourth-order valence-electron chi connectivity index (χ4n) is 7.87. The average Bonchev–Trinajstić information content (AvgIpc) is 3.24. The first-order chi connectivity index (χ1) is 26.6. The molecule has 0 aromatic heterocycles. The third kappa shape index (κ3) is 6.08. The predicted molar refractivity (Wildman–Crippen MR) is 239 cm³/mol. The molecule has 0 amide bonds. The van der Waals surface area contributed by atoms with Crippen LogP contribution in [-0.4, -0.2) is 0 Å². The third-order valence-corrected chi connectivity index (χ3v) is 10.1. The van der Waals surface area contributed by atoms with E-state index in [4.69, 9.17) is 0 Å². The Labute approximate surface area is 320 Å². The first kappa shape index (κ1) is 35.5. The van der Waals surface area contributed by atoms with Crippen molar-refractivity contribution in [3.05, 3.63) is 219 Å². The van der Waals surface area contributed by atoms with Crippen LogP contribution >= 0.6 is 0 Å². The largest absolute Gasteiger partial charge is 0.310 e. The van der Waals surface area contributed by atoms with Crippen LogP contribution in [0.15, 0.2) is 197 Å². The molecule has 54 heavy (non-hydrogen) atoms. The molecule has 7 rings (SSSR count). The van der Waals surface area contributed by atoms with E-state index < -0.39 is 0 Å². The number of anilines is 4. The minimum absolute atomic E-state index is 0.884. The SMILES string of the molecule is C=C/C=C(\C=C)N(c1ccccc1)c1c(C=C)c(C=C)c(-c2c(C=C)c(C=C)c(N(C3=CCCC=C3)c3ccccc3)c3ccccc23)c2ccccc12. The van der Waals surface area contributed by atoms with Gasteiger partial charge in [-0.1, -0.05) is 167 Å². The van der Waals surface area contributed by atoms with Crippen molar-refractivity contribution in [3.63, 3.8) is 0 Å². The quantitative estimate of drug-likeness (QED) is 0.111. The summed E-state index contributed by atoms with van der Waals surface area (Å²) in [6.45, 7) is 26.0. The van der Waals surface area contributed by atoms with Crippen LogP contribution in [-0.2, 0) is 0 Å². The fraction of sp³-hybridized carbons (Fsp3) is 0.0385. The van der Waals surface area contributed by atoms with Crippen LogP contribution in [0.2, 0.25) is 0 Å². The van der Waals surface area contributed by atoms with Gasteiger partial charge in [-0.15, -0.1) is 0 Å². The Kier molecular flexibility index (Phi) is 10.4. The zero-order chi connectivity index (χ0) is 37.6. The molecule has 0 heterocycles. The molecule has 0 radical (unpaired) electrons. The molecule has 0 N–H and O–H groups in total. The molecular weight excluding hydrogens is 653 g/mol. The van der Waals surface area contributed by atoms with E-state index in [9.17, 15) is 0 Å². The second-order valence-electron chi connectivity index (χ2n) is 13.0. The van der Waals surface area contributed by atoms with E-state index in [-0.39, 0.29) is 0 Å². The van der Waals surface area contributed by atoms with E-state index >= 15 is 0 Å². The Balaban J connectivity index is 1.66. The van der Waals surface area contributed by atoms with Crippen molar-refractivity contribution in [2.24, 2.45) is 0 Å². The van der Waals surface area contributed by atoms with Gasteiger partial charge in [-0.25, -0.2) is 0 Å². The topological polar surface area (TPSA) is 6.48 Å². The zero-order valence-corrected chi connectivity index (χ0v) is 30.7. The molecule has 0 saturated heterocycles. The van der Waals surface area contributed by atoms with Crippen molar-refractivity contribution >= 4 is 68.6 Å². The van der Waals surface area contributed by atoms with Crippen LogP contribution in [0.4, 0.5) is 22.7 Å². The molecule has 2 heteroatoms. The second-order valence-corrected chi connectivity index (χ2v) is 13.0. The normalized spacial score (nSPS) is 12.5. The number of allylic oxidation sites excluding steroid dienone is 6. The van der Waals surface area contributed by atoms with Crippen LogP contribution in [0.5, 0.6) is 0 Å². The maximum atomic E-state index is 4.46. The Morgan fingerprint density at radius 3 is 1.46 bits per heavy atom. The van der Waals surface area contributed by atoms with Crippen LogP contribution < -0.4 is 9.80 Å². The van der Waals surface area contributed by atoms with Gasteiger partial charge >= 0.3 is 0 Å². The monoisotopic (exact) mass is 696 g/mol. The lowest BCUT2D eigenvalue weighted by atomic mass is 9.81. The lowest BCUT2D eigenvalue weighted by Gasteiger charge is -2.33. The summed E-state index contributed by atoms with van der Waals surface area (Å²) in [6.07, 6.45) is 22.3. The molecule has 6 aromatic carbocycles. The van der Waals surface area contributed by atoms with Crippen molar-refractivity contribution in [1.82, 2.24) is 0 Å². The van der Waals surface area contributed by atoms with Crippen molar-refractivity contribution in [3.8, 4) is 11.1 Å². The summed E-state index contributed by atoms with van der Waals surface area (Å²) in [5.74, 6) is 0. The summed E-state index contributed by atoms with van der Waals surface area (Å²) in [5.41, 5.74) is 12.2. The van der Waals surface area contributed by atoms with Gasteiger partial charge in [-0.2, -0.15) is 0 Å². The molecule has 1 aliphatic carbocycles. The average molecular weight is 697 g/mol. The maximum absolute atomic E-state index is 4.46. The number of nitrogens with zero attached hydrogens (tertiary/aromatic N) is 2. The van der Waals surface area contributed by atoms with Crippen molar-refractivity contribution in [2.45, 2.75) is 12.8 Å². The predicted octanol–water partition coefficient (Wildman–Crippen LogP) is 15.0. The van der Waals surface area contributed by atoms with Crippen LogP contribution in [0.1, 0.15) is 35.1 Å². The Hall–Kier alpha value is -6.90. The first-order valence-electron chi connectivity index (χ1n) is 18.3. The van der Waals surface area contributed by atoms with Gasteiger partial charge in [0.25, 0.3) is 0 Å². The summed E-state index contributed by atoms with van der Waals surface area (Å²) in [7, 11) is 0. The van der Waals surface area contributed by atoms with E-state index in [1.807, 2.05) is 54.7 Å². The number of rotatable bonds is 13. The van der Waals surface area contributed by atoms with E-state index in [1.54, 1.807) is 6.08 Å². The van der Waals surface area contributed by atoms with E-state index in [1.165, 1.54) is 0 Å². The number of hydrogen-bond acceptors (Lipinski definition) is 2. The Bertz CT molecular complexity index is 2540. The van der Waals surface area contributed by atoms with E-state index in [0.717, 1.165) is 102 Å². The van der Waals surface area contributed by atoms with Gasteiger partial charge in [0.15, 0.2) is 0 Å². The standard InChI is InChI=1S/C52H44N2/c1-7-26-37(8-2)53(38-27-16-13-17-28-38)51-43(11-5)41(9-3)49(45-33-22-24-35-47(45)51)50-42(10-4)44(12-6)52(48-36-25-23-34-46(48)50)54(39-29-18-14-19-30-39)40-31-20-15-21-32-40/h7-14,16-20,22-36H,1-6,15,21H2/b37-26+. The van der Waals surface area contributed by atoms with Gasteiger partial charge in [0.1, 0.15) is 0 Å². The van der Waals surface area contributed by atoms with Crippen molar-refractivity contribution < 1.29 is 0 Å². The molecule has 262 valence electrons. The highest BCUT2D eigenvalue weighted by Gasteiger charge is 2.29. The van der Waals surface area contributed by atoms with Crippen LogP contribution in [0, 0.1) is 0 Å². The lowest BCUT2D eigenvalue weighted by molar-refractivity contribution is 0.998. The molecule has 2 nitrogen and oxygen atoms in total. The smallest absolute Gasteiger partial charge is 0.0618 e. The lowest BCUT2D eigenvalue weighted by Crippen LogP contribution is -2.19. The molecular formula is C52H44N2. The summed E-state index contributed by atoms with van der Waals surface area (Å²) >= 11 is 0. The first-order valence-corrected chi connectivity index (χ1v) is 18.3. The summed E-state index contributed by atoms with van der Waals surface area (Å²) in [6, 6.07) is 38.2. The molecule has 0 unspecified atom stereocenters. The van der Waals surface area contributed by atoms with Crippen molar-refractivity contribution in [2.75, 3.05) is 9.80 Å². The molecule has 0 fully saturated rings. The maximum Gasteiger partial charge on any atom is 0.0618 e.